The third-order valence-electron chi connectivity index (χ3n) is 3.26. The van der Waals surface area contributed by atoms with Gasteiger partial charge >= 0.3 is 5.97 Å². The number of anilines is 3. The maximum absolute atomic E-state index is 11.8. The van der Waals surface area contributed by atoms with Crippen LogP contribution in [0.1, 0.15) is 30.1 Å². The Bertz CT molecular complexity index is 681. The van der Waals surface area contributed by atoms with E-state index in [9.17, 15) is 9.59 Å². The number of carbonyl (C=O) groups is 2. The summed E-state index contributed by atoms with van der Waals surface area (Å²) < 4.78 is 4.77. The van der Waals surface area contributed by atoms with Gasteiger partial charge < -0.3 is 15.4 Å². The topological polar surface area (TPSA) is 67.4 Å². The molecule has 23 heavy (non-hydrogen) atoms. The van der Waals surface area contributed by atoms with Gasteiger partial charge in [-0.1, -0.05) is 19.1 Å². The van der Waals surface area contributed by atoms with Crippen LogP contribution in [0.2, 0.25) is 0 Å². The van der Waals surface area contributed by atoms with Crippen molar-refractivity contribution in [2.45, 2.75) is 19.8 Å². The van der Waals surface area contributed by atoms with Crippen molar-refractivity contribution in [3.8, 4) is 0 Å². The standard InChI is InChI=1S/C18H20N2O3/c1-3-6-17(21)20-14-11-9-13(10-12-14)19-16-8-5-4-7-15(16)18(22)23-2/h4-5,7-12,19H,3,6H2,1-2H3,(H,20,21). The predicted octanol–water partition coefficient (Wildman–Crippen LogP) is 3.96. The average molecular weight is 312 g/mol. The number of carbonyl (C=O) groups excluding carboxylic acids is 2. The van der Waals surface area contributed by atoms with Crippen LogP contribution in [-0.4, -0.2) is 19.0 Å². The number of benzene rings is 2. The van der Waals surface area contributed by atoms with Crippen molar-refractivity contribution in [2.24, 2.45) is 0 Å². The Labute approximate surface area is 135 Å². The van der Waals surface area contributed by atoms with Crippen molar-refractivity contribution >= 4 is 28.9 Å². The second kappa shape index (κ2) is 7.98. The van der Waals surface area contributed by atoms with Crippen LogP contribution in [-0.2, 0) is 9.53 Å². The second-order valence-corrected chi connectivity index (χ2v) is 5.04. The van der Waals surface area contributed by atoms with Crippen LogP contribution >= 0.6 is 0 Å². The van der Waals surface area contributed by atoms with Crippen LogP contribution in [0.5, 0.6) is 0 Å². The molecule has 2 aromatic carbocycles. The van der Waals surface area contributed by atoms with Gasteiger partial charge in [0.15, 0.2) is 0 Å². The molecular formula is C18H20N2O3. The van der Waals surface area contributed by atoms with Gasteiger partial charge in [0.1, 0.15) is 0 Å². The fourth-order valence-electron chi connectivity index (χ4n) is 2.12. The van der Waals surface area contributed by atoms with Crippen molar-refractivity contribution < 1.29 is 14.3 Å². The fraction of sp³-hybridized carbons (Fsp3) is 0.222. The molecule has 0 bridgehead atoms. The lowest BCUT2D eigenvalue weighted by molar-refractivity contribution is -0.116. The van der Waals surface area contributed by atoms with E-state index < -0.39 is 5.97 Å². The van der Waals surface area contributed by atoms with Crippen molar-refractivity contribution in [3.05, 3.63) is 54.1 Å². The summed E-state index contributed by atoms with van der Waals surface area (Å²) in [4.78, 5) is 23.3. The summed E-state index contributed by atoms with van der Waals surface area (Å²) in [6, 6.07) is 14.5. The van der Waals surface area contributed by atoms with E-state index in [1.165, 1.54) is 7.11 Å². The van der Waals surface area contributed by atoms with Crippen molar-refractivity contribution in [1.29, 1.82) is 0 Å². The monoisotopic (exact) mass is 312 g/mol. The highest BCUT2D eigenvalue weighted by atomic mass is 16.5. The highest BCUT2D eigenvalue weighted by molar-refractivity contribution is 5.96. The molecule has 0 aromatic heterocycles. The lowest BCUT2D eigenvalue weighted by atomic mass is 10.1. The van der Waals surface area contributed by atoms with Gasteiger partial charge in [-0.15, -0.1) is 0 Å². The minimum Gasteiger partial charge on any atom is -0.465 e. The first-order valence-corrected chi connectivity index (χ1v) is 7.48. The van der Waals surface area contributed by atoms with Gasteiger partial charge in [-0.25, -0.2) is 4.79 Å². The van der Waals surface area contributed by atoms with Crippen LogP contribution in [0.25, 0.3) is 0 Å². The van der Waals surface area contributed by atoms with Gasteiger partial charge in [-0.3, -0.25) is 4.79 Å². The summed E-state index contributed by atoms with van der Waals surface area (Å²) in [7, 11) is 1.35. The van der Waals surface area contributed by atoms with Gasteiger partial charge in [-0.05, 0) is 42.8 Å². The van der Waals surface area contributed by atoms with E-state index in [1.54, 1.807) is 12.1 Å². The summed E-state index contributed by atoms with van der Waals surface area (Å²) in [5.41, 5.74) is 2.70. The Morgan fingerprint density at radius 3 is 2.30 bits per heavy atom. The number of methoxy groups -OCH3 is 1. The highest BCUT2D eigenvalue weighted by Crippen LogP contribution is 2.23. The molecule has 0 saturated heterocycles. The normalized spacial score (nSPS) is 10.0. The SMILES string of the molecule is CCCC(=O)Nc1ccc(Nc2ccccc2C(=O)OC)cc1. The molecule has 0 aliphatic carbocycles. The number of nitrogens with one attached hydrogen (secondary N) is 2. The van der Waals surface area contributed by atoms with Crippen molar-refractivity contribution in [1.82, 2.24) is 0 Å². The lowest BCUT2D eigenvalue weighted by Crippen LogP contribution is -2.10. The quantitative estimate of drug-likeness (QED) is 0.792. The number of hydrogen-bond donors (Lipinski definition) is 2. The van der Waals surface area contributed by atoms with E-state index in [2.05, 4.69) is 10.6 Å². The average Bonchev–Trinajstić information content (AvgIpc) is 2.56. The second-order valence-electron chi connectivity index (χ2n) is 5.04. The van der Waals surface area contributed by atoms with E-state index in [0.29, 0.717) is 17.7 Å². The van der Waals surface area contributed by atoms with Gasteiger partial charge in [0.2, 0.25) is 5.91 Å². The molecule has 1 amide bonds. The molecule has 0 aliphatic rings. The summed E-state index contributed by atoms with van der Waals surface area (Å²) in [5.74, 6) is -0.388. The Hall–Kier alpha value is -2.82. The van der Waals surface area contributed by atoms with Crippen molar-refractivity contribution in [3.63, 3.8) is 0 Å². The first-order chi connectivity index (χ1) is 11.1. The molecule has 0 fully saturated rings. The van der Waals surface area contributed by atoms with Gasteiger partial charge in [0.25, 0.3) is 0 Å². The zero-order valence-corrected chi connectivity index (χ0v) is 13.3. The van der Waals surface area contributed by atoms with Gasteiger partial charge in [0, 0.05) is 17.8 Å². The highest BCUT2D eigenvalue weighted by Gasteiger charge is 2.11. The number of hydrogen-bond acceptors (Lipinski definition) is 4. The molecule has 0 atom stereocenters. The first kappa shape index (κ1) is 16.5. The minimum absolute atomic E-state index is 0.00393. The zero-order valence-electron chi connectivity index (χ0n) is 13.3. The predicted molar refractivity (Wildman–Crippen MR) is 91.0 cm³/mol. The molecular weight excluding hydrogens is 292 g/mol. The third kappa shape index (κ3) is 4.57. The molecule has 5 nitrogen and oxygen atoms in total. The van der Waals surface area contributed by atoms with Crippen LogP contribution in [0.15, 0.2) is 48.5 Å². The maximum atomic E-state index is 11.8. The Morgan fingerprint density at radius 1 is 1.00 bits per heavy atom. The molecule has 120 valence electrons. The minimum atomic E-state index is -0.392. The third-order valence-corrected chi connectivity index (χ3v) is 3.26. The molecule has 2 rings (SSSR count). The fourth-order valence-corrected chi connectivity index (χ4v) is 2.12. The molecule has 2 N–H and O–H groups in total. The largest absolute Gasteiger partial charge is 0.465 e. The number of rotatable bonds is 6. The van der Waals surface area contributed by atoms with Gasteiger partial charge in [-0.2, -0.15) is 0 Å². The Balaban J connectivity index is 2.10. The number of amides is 1. The zero-order chi connectivity index (χ0) is 16.7. The van der Waals surface area contributed by atoms with Crippen LogP contribution in [0, 0.1) is 0 Å². The van der Waals surface area contributed by atoms with E-state index in [1.807, 2.05) is 43.3 Å². The molecule has 0 aliphatic heterocycles. The summed E-state index contributed by atoms with van der Waals surface area (Å²) >= 11 is 0. The smallest absolute Gasteiger partial charge is 0.339 e. The van der Waals surface area contributed by atoms with Crippen molar-refractivity contribution in [2.75, 3.05) is 17.7 Å². The lowest BCUT2D eigenvalue weighted by Gasteiger charge is -2.11. The van der Waals surface area contributed by atoms with E-state index in [0.717, 1.165) is 17.8 Å². The number of para-hydroxylation sites is 1. The Morgan fingerprint density at radius 2 is 1.65 bits per heavy atom. The molecule has 0 unspecified atom stereocenters. The molecule has 0 saturated carbocycles. The number of esters is 1. The molecule has 0 spiro atoms. The summed E-state index contributed by atoms with van der Waals surface area (Å²) in [6.07, 6.45) is 1.32. The molecule has 0 radical (unpaired) electrons. The number of ether oxygens (including phenoxy) is 1. The summed E-state index contributed by atoms with van der Waals surface area (Å²) in [5, 5.41) is 6.01. The molecule has 0 heterocycles. The molecule has 5 heteroatoms. The van der Waals surface area contributed by atoms with Crippen LogP contribution in [0.3, 0.4) is 0 Å². The van der Waals surface area contributed by atoms with Gasteiger partial charge in [0.05, 0.1) is 18.4 Å². The maximum Gasteiger partial charge on any atom is 0.339 e. The summed E-state index contributed by atoms with van der Waals surface area (Å²) in [6.45, 7) is 1.96. The van der Waals surface area contributed by atoms with E-state index in [-0.39, 0.29) is 5.91 Å². The van der Waals surface area contributed by atoms with Crippen LogP contribution < -0.4 is 10.6 Å². The van der Waals surface area contributed by atoms with E-state index in [4.69, 9.17) is 4.74 Å². The molecule has 2 aromatic rings. The van der Waals surface area contributed by atoms with Crippen LogP contribution in [0.4, 0.5) is 17.1 Å². The Kier molecular flexibility index (Phi) is 5.74. The first-order valence-electron chi connectivity index (χ1n) is 7.48. The van der Waals surface area contributed by atoms with E-state index >= 15 is 0 Å².